The first-order valence-corrected chi connectivity index (χ1v) is 4.72. The van der Waals surface area contributed by atoms with Gasteiger partial charge in [0, 0.05) is 20.1 Å². The monoisotopic (exact) mass is 228 g/mol. The van der Waals surface area contributed by atoms with Crippen LogP contribution in [0.1, 0.15) is 12.8 Å². The molecule has 0 aliphatic carbocycles. The van der Waals surface area contributed by atoms with Gasteiger partial charge in [-0.3, -0.25) is 9.59 Å². The van der Waals surface area contributed by atoms with Crippen molar-refractivity contribution in [1.82, 2.24) is 5.32 Å². The molecule has 6 heteroatoms. The Hall–Kier alpha value is -1.58. The molecule has 0 aromatic carbocycles. The Balaban J connectivity index is 3.97. The predicted molar refractivity (Wildman–Crippen MR) is 57.5 cm³/mol. The molecular weight excluding hydrogens is 212 g/mol. The summed E-state index contributed by atoms with van der Waals surface area (Å²) in [6.07, 6.45) is 4.39. The zero-order valence-electron chi connectivity index (χ0n) is 9.10. The van der Waals surface area contributed by atoms with Gasteiger partial charge in [-0.15, -0.1) is 12.3 Å². The minimum absolute atomic E-state index is 0.0971. The molecule has 0 aromatic heterocycles. The van der Waals surface area contributed by atoms with Crippen molar-refractivity contribution in [2.75, 3.05) is 13.7 Å². The molecule has 0 aliphatic rings. The van der Waals surface area contributed by atoms with Crippen molar-refractivity contribution >= 4 is 11.9 Å². The summed E-state index contributed by atoms with van der Waals surface area (Å²) in [4.78, 5) is 21.7. The number of hydrogen-bond donors (Lipinski definition) is 3. The van der Waals surface area contributed by atoms with Crippen LogP contribution in [0.2, 0.25) is 0 Å². The molecule has 0 radical (unpaired) electrons. The van der Waals surface area contributed by atoms with E-state index >= 15 is 0 Å². The Kier molecular flexibility index (Phi) is 6.92. The lowest BCUT2D eigenvalue weighted by molar-refractivity contribution is -0.140. The maximum atomic E-state index is 11.3. The molecular formula is C10H16N2O4. The number of hydrogen-bond acceptors (Lipinski definition) is 4. The van der Waals surface area contributed by atoms with E-state index in [0.717, 1.165) is 0 Å². The van der Waals surface area contributed by atoms with Gasteiger partial charge in [0.05, 0.1) is 18.6 Å². The van der Waals surface area contributed by atoms with Gasteiger partial charge in [-0.05, 0) is 0 Å². The van der Waals surface area contributed by atoms with E-state index in [-0.39, 0.29) is 19.4 Å². The second-order valence-electron chi connectivity index (χ2n) is 3.22. The van der Waals surface area contributed by atoms with Crippen LogP contribution in [0.15, 0.2) is 0 Å². The highest BCUT2D eigenvalue weighted by atomic mass is 16.5. The van der Waals surface area contributed by atoms with Crippen LogP contribution in [0.4, 0.5) is 0 Å². The van der Waals surface area contributed by atoms with Gasteiger partial charge in [0.1, 0.15) is 0 Å². The Bertz CT molecular complexity index is 285. The zero-order valence-corrected chi connectivity index (χ0v) is 9.10. The van der Waals surface area contributed by atoms with Crippen LogP contribution in [0.25, 0.3) is 0 Å². The topological polar surface area (TPSA) is 102 Å². The van der Waals surface area contributed by atoms with E-state index in [1.165, 1.54) is 7.11 Å². The van der Waals surface area contributed by atoms with E-state index in [1.54, 1.807) is 0 Å². The minimum Gasteiger partial charge on any atom is -0.481 e. The average Bonchev–Trinajstić information content (AvgIpc) is 2.23. The second kappa shape index (κ2) is 7.68. The van der Waals surface area contributed by atoms with E-state index in [0.29, 0.717) is 0 Å². The summed E-state index contributed by atoms with van der Waals surface area (Å²) in [5, 5.41) is 11.0. The summed E-state index contributed by atoms with van der Waals surface area (Å²) in [6, 6.07) is -0.771. The molecule has 6 nitrogen and oxygen atoms in total. The lowest BCUT2D eigenvalue weighted by Gasteiger charge is -2.15. The molecule has 0 aliphatic heterocycles. The number of carbonyl (C=O) groups is 2. The van der Waals surface area contributed by atoms with Crippen molar-refractivity contribution in [3.63, 3.8) is 0 Å². The fourth-order valence-corrected chi connectivity index (χ4v) is 0.999. The Morgan fingerprint density at radius 2 is 2.25 bits per heavy atom. The number of carbonyl (C=O) groups excluding carboxylic acids is 1. The van der Waals surface area contributed by atoms with Gasteiger partial charge in [-0.25, -0.2) is 0 Å². The maximum Gasteiger partial charge on any atom is 0.306 e. The van der Waals surface area contributed by atoms with Gasteiger partial charge in [0.15, 0.2) is 0 Å². The van der Waals surface area contributed by atoms with E-state index < -0.39 is 24.0 Å². The molecule has 2 unspecified atom stereocenters. The number of nitrogens with two attached hydrogens (primary N) is 1. The van der Waals surface area contributed by atoms with Crippen molar-refractivity contribution in [2.24, 2.45) is 5.73 Å². The number of ether oxygens (including phenoxy) is 1. The standard InChI is InChI=1S/C10H16N2O4/c1-3-4-8(11)10(15)12-6-7(16-2)5-9(13)14/h1,7-8H,4-6,11H2,2H3,(H,12,15)(H,13,14). The lowest BCUT2D eigenvalue weighted by Crippen LogP contribution is -2.43. The summed E-state index contributed by atoms with van der Waals surface area (Å²) in [7, 11) is 1.38. The SMILES string of the molecule is C#CCC(N)C(=O)NCC(CC(=O)O)OC. The van der Waals surface area contributed by atoms with Gasteiger partial charge < -0.3 is 20.9 Å². The molecule has 0 saturated carbocycles. The van der Waals surface area contributed by atoms with Gasteiger partial charge in [-0.2, -0.15) is 0 Å². The number of amides is 1. The Morgan fingerprint density at radius 1 is 1.62 bits per heavy atom. The highest BCUT2D eigenvalue weighted by Gasteiger charge is 2.16. The third-order valence-corrected chi connectivity index (χ3v) is 1.91. The predicted octanol–water partition coefficient (Wildman–Crippen LogP) is -1.06. The summed E-state index contributed by atoms with van der Waals surface area (Å²) >= 11 is 0. The summed E-state index contributed by atoms with van der Waals surface area (Å²) < 4.78 is 4.87. The van der Waals surface area contributed by atoms with Crippen molar-refractivity contribution in [2.45, 2.75) is 25.0 Å². The minimum atomic E-state index is -0.992. The largest absolute Gasteiger partial charge is 0.481 e. The lowest BCUT2D eigenvalue weighted by atomic mass is 10.2. The number of methoxy groups -OCH3 is 1. The average molecular weight is 228 g/mol. The van der Waals surface area contributed by atoms with E-state index in [9.17, 15) is 9.59 Å². The van der Waals surface area contributed by atoms with Gasteiger partial charge >= 0.3 is 5.97 Å². The molecule has 0 aromatic rings. The van der Waals surface area contributed by atoms with Crippen LogP contribution < -0.4 is 11.1 Å². The Morgan fingerprint density at radius 3 is 2.69 bits per heavy atom. The highest BCUT2D eigenvalue weighted by Crippen LogP contribution is 1.96. The summed E-state index contributed by atoms with van der Waals surface area (Å²) in [5.41, 5.74) is 5.44. The number of rotatable bonds is 7. The molecule has 90 valence electrons. The van der Waals surface area contributed by atoms with Crippen LogP contribution in [-0.2, 0) is 14.3 Å². The van der Waals surface area contributed by atoms with E-state index in [4.69, 9.17) is 22.0 Å². The second-order valence-corrected chi connectivity index (χ2v) is 3.22. The number of aliphatic carboxylic acids is 1. The first kappa shape index (κ1) is 14.4. The van der Waals surface area contributed by atoms with Crippen molar-refractivity contribution in [3.05, 3.63) is 0 Å². The highest BCUT2D eigenvalue weighted by molar-refractivity contribution is 5.81. The summed E-state index contributed by atoms with van der Waals surface area (Å²) in [6.45, 7) is 0.0971. The molecule has 4 N–H and O–H groups in total. The molecule has 16 heavy (non-hydrogen) atoms. The smallest absolute Gasteiger partial charge is 0.306 e. The first-order chi connectivity index (χ1) is 7.51. The third-order valence-electron chi connectivity index (χ3n) is 1.91. The number of nitrogens with one attached hydrogen (secondary N) is 1. The van der Waals surface area contributed by atoms with Crippen LogP contribution in [0.3, 0.4) is 0 Å². The van der Waals surface area contributed by atoms with Crippen molar-refractivity contribution < 1.29 is 19.4 Å². The molecule has 1 amide bonds. The normalized spacial score (nSPS) is 13.6. The molecule has 0 spiro atoms. The molecule has 0 fully saturated rings. The molecule has 0 bridgehead atoms. The van der Waals surface area contributed by atoms with Gasteiger partial charge in [0.2, 0.25) is 5.91 Å². The fraction of sp³-hybridized carbons (Fsp3) is 0.600. The first-order valence-electron chi connectivity index (χ1n) is 4.72. The zero-order chi connectivity index (χ0) is 12.6. The molecule has 0 heterocycles. The van der Waals surface area contributed by atoms with Crippen molar-refractivity contribution in [1.29, 1.82) is 0 Å². The Labute approximate surface area is 94.1 Å². The molecule has 0 saturated heterocycles. The van der Waals surface area contributed by atoms with Crippen LogP contribution in [-0.4, -0.2) is 42.8 Å². The van der Waals surface area contributed by atoms with Gasteiger partial charge in [0.25, 0.3) is 0 Å². The molecule has 2 atom stereocenters. The number of carboxylic acid groups (broad SMARTS) is 1. The van der Waals surface area contributed by atoms with E-state index in [1.807, 2.05) is 0 Å². The summed E-state index contributed by atoms with van der Waals surface area (Å²) in [5.74, 6) is 0.868. The molecule has 0 rings (SSSR count). The fourth-order valence-electron chi connectivity index (χ4n) is 0.999. The quantitative estimate of drug-likeness (QED) is 0.482. The number of carboxylic acids is 1. The van der Waals surface area contributed by atoms with Crippen LogP contribution in [0, 0.1) is 12.3 Å². The van der Waals surface area contributed by atoms with Crippen LogP contribution >= 0.6 is 0 Å². The number of terminal acetylenes is 1. The van der Waals surface area contributed by atoms with Crippen molar-refractivity contribution in [3.8, 4) is 12.3 Å². The maximum absolute atomic E-state index is 11.3. The third kappa shape index (κ3) is 6.01. The van der Waals surface area contributed by atoms with Crippen LogP contribution in [0.5, 0.6) is 0 Å². The van der Waals surface area contributed by atoms with E-state index in [2.05, 4.69) is 11.2 Å². The van der Waals surface area contributed by atoms with Gasteiger partial charge in [-0.1, -0.05) is 0 Å².